The lowest BCUT2D eigenvalue weighted by Crippen LogP contribution is -2.29. The number of nitrogens with one attached hydrogen (secondary N) is 1. The highest BCUT2D eigenvalue weighted by molar-refractivity contribution is 9.10. The Morgan fingerprint density at radius 3 is 2.52 bits per heavy atom. The monoisotopic (exact) mass is 359 g/mol. The van der Waals surface area contributed by atoms with E-state index >= 15 is 0 Å². The predicted octanol–water partition coefficient (Wildman–Crippen LogP) is 5.48. The Balaban J connectivity index is 1.75. The highest BCUT2D eigenvalue weighted by Crippen LogP contribution is 2.45. The minimum Gasteiger partial charge on any atom is -0.382 e. The van der Waals surface area contributed by atoms with Crippen molar-refractivity contribution in [2.75, 3.05) is 5.32 Å². The van der Waals surface area contributed by atoms with Gasteiger partial charge in [0.1, 0.15) is 0 Å². The maximum absolute atomic E-state index is 12.9. The van der Waals surface area contributed by atoms with Crippen LogP contribution >= 0.6 is 15.9 Å². The summed E-state index contributed by atoms with van der Waals surface area (Å²) < 4.78 is 39.0. The second-order valence-electron chi connectivity index (χ2n) is 6.10. The van der Waals surface area contributed by atoms with Gasteiger partial charge in [0.05, 0.1) is 5.56 Å². The number of halogens is 4. The Hall–Kier alpha value is -0.970. The number of fused-ring (bicyclic) bond motifs is 2. The SMILES string of the molecule is CC(Nc1cc(Br)cc(C(F)(F)F)c1)C1CC2C=CC1C2. The minimum atomic E-state index is -4.32. The minimum absolute atomic E-state index is 0.167. The summed E-state index contributed by atoms with van der Waals surface area (Å²) in [5.74, 6) is 1.75. The number of allylic oxidation sites excluding steroid dienone is 2. The normalized spacial score (nSPS) is 28.9. The molecule has 4 atom stereocenters. The Morgan fingerprint density at radius 1 is 1.19 bits per heavy atom. The van der Waals surface area contributed by atoms with Crippen molar-refractivity contribution in [2.45, 2.75) is 32.0 Å². The van der Waals surface area contributed by atoms with Gasteiger partial charge < -0.3 is 5.32 Å². The van der Waals surface area contributed by atoms with Gasteiger partial charge in [-0.15, -0.1) is 0 Å². The highest BCUT2D eigenvalue weighted by atomic mass is 79.9. The molecule has 1 aromatic rings. The molecule has 0 aliphatic heterocycles. The largest absolute Gasteiger partial charge is 0.416 e. The third-order valence-electron chi connectivity index (χ3n) is 4.59. The lowest BCUT2D eigenvalue weighted by Gasteiger charge is -2.27. The van der Waals surface area contributed by atoms with Crippen molar-refractivity contribution in [3.8, 4) is 0 Å². The van der Waals surface area contributed by atoms with Crippen molar-refractivity contribution in [3.05, 3.63) is 40.4 Å². The van der Waals surface area contributed by atoms with E-state index in [9.17, 15) is 13.2 Å². The third-order valence-corrected chi connectivity index (χ3v) is 5.05. The van der Waals surface area contributed by atoms with Gasteiger partial charge in [0.15, 0.2) is 0 Å². The molecule has 3 rings (SSSR count). The molecule has 0 amide bonds. The zero-order valence-corrected chi connectivity index (χ0v) is 13.2. The fourth-order valence-corrected chi connectivity index (χ4v) is 4.10. The first-order valence-corrected chi connectivity index (χ1v) is 7.95. The van der Waals surface area contributed by atoms with Crippen LogP contribution in [0.5, 0.6) is 0 Å². The molecule has 1 saturated carbocycles. The van der Waals surface area contributed by atoms with E-state index in [0.717, 1.165) is 12.5 Å². The van der Waals surface area contributed by atoms with E-state index in [1.54, 1.807) is 6.07 Å². The average molecular weight is 360 g/mol. The summed E-state index contributed by atoms with van der Waals surface area (Å²) in [7, 11) is 0. The fourth-order valence-electron chi connectivity index (χ4n) is 3.60. The third kappa shape index (κ3) is 3.12. The molecule has 0 spiro atoms. The van der Waals surface area contributed by atoms with Crippen LogP contribution in [-0.2, 0) is 6.18 Å². The number of hydrogen-bond donors (Lipinski definition) is 1. The molecule has 0 radical (unpaired) electrons. The molecule has 21 heavy (non-hydrogen) atoms. The molecule has 4 unspecified atom stereocenters. The van der Waals surface area contributed by atoms with Gasteiger partial charge in [0.2, 0.25) is 0 Å². The average Bonchev–Trinajstić information content (AvgIpc) is 2.99. The maximum atomic E-state index is 12.9. The number of alkyl halides is 3. The molecule has 1 nitrogen and oxygen atoms in total. The van der Waals surface area contributed by atoms with Gasteiger partial charge in [-0.1, -0.05) is 28.1 Å². The zero-order valence-electron chi connectivity index (χ0n) is 11.6. The first kappa shape index (κ1) is 14.9. The van der Waals surface area contributed by atoms with E-state index in [1.807, 2.05) is 0 Å². The molecule has 1 aromatic carbocycles. The van der Waals surface area contributed by atoms with E-state index in [-0.39, 0.29) is 6.04 Å². The molecule has 2 bridgehead atoms. The van der Waals surface area contributed by atoms with Crippen LogP contribution < -0.4 is 5.32 Å². The molecule has 2 aliphatic carbocycles. The number of hydrogen-bond acceptors (Lipinski definition) is 1. The lowest BCUT2D eigenvalue weighted by molar-refractivity contribution is -0.137. The van der Waals surface area contributed by atoms with Gasteiger partial charge in [0.25, 0.3) is 0 Å². The number of anilines is 1. The summed E-state index contributed by atoms with van der Waals surface area (Å²) in [6.45, 7) is 2.06. The van der Waals surface area contributed by atoms with Gasteiger partial charge in [-0.2, -0.15) is 13.2 Å². The van der Waals surface area contributed by atoms with E-state index in [0.29, 0.717) is 27.9 Å². The van der Waals surface area contributed by atoms with Crippen LogP contribution in [0.2, 0.25) is 0 Å². The van der Waals surface area contributed by atoms with E-state index in [1.165, 1.54) is 12.5 Å². The van der Waals surface area contributed by atoms with Crippen LogP contribution in [-0.4, -0.2) is 6.04 Å². The molecule has 114 valence electrons. The standard InChI is InChI=1S/C16H17BrF3N/c1-9(15-5-10-2-3-11(15)4-10)21-14-7-12(16(18,19)20)6-13(17)8-14/h2-3,6-11,15,21H,4-5H2,1H3. The second-order valence-corrected chi connectivity index (χ2v) is 7.02. The fraction of sp³-hybridized carbons (Fsp3) is 0.500. The van der Waals surface area contributed by atoms with Crippen molar-refractivity contribution in [2.24, 2.45) is 17.8 Å². The van der Waals surface area contributed by atoms with Crippen LogP contribution in [0.1, 0.15) is 25.3 Å². The van der Waals surface area contributed by atoms with Gasteiger partial charge in [-0.05, 0) is 55.7 Å². The van der Waals surface area contributed by atoms with E-state index in [4.69, 9.17) is 0 Å². The molecular formula is C16H17BrF3N. The summed E-state index contributed by atoms with van der Waals surface area (Å²) in [6, 6.07) is 4.16. The Kier molecular flexibility index (Phi) is 3.80. The second kappa shape index (κ2) is 5.34. The van der Waals surface area contributed by atoms with Crippen LogP contribution in [0.25, 0.3) is 0 Å². The smallest absolute Gasteiger partial charge is 0.382 e. The van der Waals surface area contributed by atoms with Crippen molar-refractivity contribution >= 4 is 21.6 Å². The molecule has 2 aliphatic rings. The molecular weight excluding hydrogens is 343 g/mol. The first-order valence-electron chi connectivity index (χ1n) is 7.15. The summed E-state index contributed by atoms with van der Waals surface area (Å²) in [5.41, 5.74) is -0.102. The number of benzene rings is 1. The van der Waals surface area contributed by atoms with Crippen molar-refractivity contribution in [1.82, 2.24) is 0 Å². The summed E-state index contributed by atoms with van der Waals surface area (Å²) in [6.07, 6.45) is 2.55. The van der Waals surface area contributed by atoms with Crippen LogP contribution in [0, 0.1) is 17.8 Å². The summed E-state index contributed by atoms with van der Waals surface area (Å²) in [4.78, 5) is 0. The molecule has 5 heteroatoms. The number of rotatable bonds is 3. The van der Waals surface area contributed by atoms with Gasteiger partial charge >= 0.3 is 6.18 Å². The quantitative estimate of drug-likeness (QED) is 0.704. The Labute approximate surface area is 130 Å². The van der Waals surface area contributed by atoms with Gasteiger partial charge in [0, 0.05) is 16.2 Å². The van der Waals surface area contributed by atoms with Crippen LogP contribution in [0.3, 0.4) is 0 Å². The maximum Gasteiger partial charge on any atom is 0.416 e. The molecule has 0 saturated heterocycles. The van der Waals surface area contributed by atoms with Gasteiger partial charge in [-0.3, -0.25) is 0 Å². The molecule has 1 fully saturated rings. The van der Waals surface area contributed by atoms with Crippen molar-refractivity contribution in [3.63, 3.8) is 0 Å². The predicted molar refractivity (Wildman–Crippen MR) is 81.1 cm³/mol. The Bertz CT molecular complexity index is 567. The van der Waals surface area contributed by atoms with Crippen molar-refractivity contribution < 1.29 is 13.2 Å². The lowest BCUT2D eigenvalue weighted by atomic mass is 9.87. The molecule has 0 aromatic heterocycles. The van der Waals surface area contributed by atoms with Crippen LogP contribution in [0.4, 0.5) is 18.9 Å². The zero-order chi connectivity index (χ0) is 15.2. The summed E-state index contributed by atoms with van der Waals surface area (Å²) >= 11 is 3.16. The summed E-state index contributed by atoms with van der Waals surface area (Å²) in [5, 5.41) is 3.26. The Morgan fingerprint density at radius 2 is 1.95 bits per heavy atom. The molecule has 0 heterocycles. The van der Waals surface area contributed by atoms with Crippen LogP contribution in [0.15, 0.2) is 34.8 Å². The van der Waals surface area contributed by atoms with Crippen molar-refractivity contribution in [1.29, 1.82) is 0 Å². The molecule has 1 N–H and O–H groups in total. The van der Waals surface area contributed by atoms with Gasteiger partial charge in [-0.25, -0.2) is 0 Å². The highest BCUT2D eigenvalue weighted by Gasteiger charge is 2.38. The van der Waals surface area contributed by atoms with E-state index < -0.39 is 11.7 Å². The van der Waals surface area contributed by atoms with E-state index in [2.05, 4.69) is 40.3 Å². The first-order chi connectivity index (χ1) is 9.83. The topological polar surface area (TPSA) is 12.0 Å².